The van der Waals surface area contributed by atoms with Gasteiger partial charge in [-0.05, 0) is 42.5 Å². The standard InChI is InChI=1S/C19H22FN3O3S/c1-2-21-27(25,26)18-5-3-4-15(14-18)19(24)23-12-10-22(11-13-23)17-8-6-16(20)7-9-17/h3-9,14,21H,2,10-13H2,1H3. The van der Waals surface area contributed by atoms with Gasteiger partial charge in [-0.25, -0.2) is 17.5 Å². The minimum Gasteiger partial charge on any atom is -0.368 e. The molecule has 0 unspecified atom stereocenters. The molecule has 1 saturated heterocycles. The molecule has 1 aliphatic rings. The Kier molecular flexibility index (Phi) is 5.76. The minimum atomic E-state index is -3.61. The van der Waals surface area contributed by atoms with Crippen molar-refractivity contribution in [3.05, 3.63) is 59.9 Å². The second-order valence-electron chi connectivity index (χ2n) is 6.28. The number of carbonyl (C=O) groups is 1. The van der Waals surface area contributed by atoms with E-state index in [0.29, 0.717) is 31.7 Å². The van der Waals surface area contributed by atoms with Crippen molar-refractivity contribution in [3.63, 3.8) is 0 Å². The third kappa shape index (κ3) is 4.45. The molecule has 2 aromatic carbocycles. The molecule has 8 heteroatoms. The lowest BCUT2D eigenvalue weighted by molar-refractivity contribution is 0.0746. The third-order valence-corrected chi connectivity index (χ3v) is 6.03. The fourth-order valence-electron chi connectivity index (χ4n) is 3.07. The van der Waals surface area contributed by atoms with Crippen LogP contribution in [0, 0.1) is 5.82 Å². The number of nitrogens with one attached hydrogen (secondary N) is 1. The number of anilines is 1. The number of sulfonamides is 1. The molecule has 0 saturated carbocycles. The van der Waals surface area contributed by atoms with E-state index in [-0.39, 0.29) is 23.2 Å². The van der Waals surface area contributed by atoms with Crippen molar-refractivity contribution in [1.82, 2.24) is 9.62 Å². The number of halogens is 1. The molecule has 2 aromatic rings. The second-order valence-corrected chi connectivity index (χ2v) is 8.05. The summed E-state index contributed by atoms with van der Waals surface area (Å²) < 4.78 is 39.8. The Hall–Kier alpha value is -2.45. The summed E-state index contributed by atoms with van der Waals surface area (Å²) in [6.07, 6.45) is 0. The van der Waals surface area contributed by atoms with E-state index < -0.39 is 10.0 Å². The zero-order valence-corrected chi connectivity index (χ0v) is 15.9. The summed E-state index contributed by atoms with van der Waals surface area (Å²) in [6, 6.07) is 12.4. The van der Waals surface area contributed by atoms with Crippen LogP contribution in [-0.4, -0.2) is 51.9 Å². The summed E-state index contributed by atoms with van der Waals surface area (Å²) in [7, 11) is -3.61. The van der Waals surface area contributed by atoms with E-state index in [2.05, 4.69) is 9.62 Å². The zero-order valence-electron chi connectivity index (χ0n) is 15.1. The van der Waals surface area contributed by atoms with Crippen molar-refractivity contribution in [3.8, 4) is 0 Å². The van der Waals surface area contributed by atoms with E-state index in [1.807, 2.05) is 0 Å². The van der Waals surface area contributed by atoms with Crippen molar-refractivity contribution in [2.45, 2.75) is 11.8 Å². The second kappa shape index (κ2) is 8.06. The molecule has 1 heterocycles. The number of amides is 1. The molecule has 1 fully saturated rings. The lowest BCUT2D eigenvalue weighted by Gasteiger charge is -2.36. The van der Waals surface area contributed by atoms with E-state index in [9.17, 15) is 17.6 Å². The smallest absolute Gasteiger partial charge is 0.254 e. The highest BCUT2D eigenvalue weighted by Gasteiger charge is 2.23. The van der Waals surface area contributed by atoms with Gasteiger partial charge in [-0.15, -0.1) is 0 Å². The van der Waals surface area contributed by atoms with Crippen LogP contribution in [0.5, 0.6) is 0 Å². The van der Waals surface area contributed by atoms with Gasteiger partial charge in [0.1, 0.15) is 5.82 Å². The van der Waals surface area contributed by atoms with E-state index >= 15 is 0 Å². The van der Waals surface area contributed by atoms with Gasteiger partial charge in [-0.2, -0.15) is 0 Å². The van der Waals surface area contributed by atoms with Crippen LogP contribution in [0.15, 0.2) is 53.4 Å². The largest absolute Gasteiger partial charge is 0.368 e. The SMILES string of the molecule is CCNS(=O)(=O)c1cccc(C(=O)N2CCN(c3ccc(F)cc3)CC2)c1. The van der Waals surface area contributed by atoms with Crippen LogP contribution in [-0.2, 0) is 10.0 Å². The predicted octanol–water partition coefficient (Wildman–Crippen LogP) is 2.09. The first-order valence-electron chi connectivity index (χ1n) is 8.80. The molecule has 6 nitrogen and oxygen atoms in total. The molecule has 1 amide bonds. The Balaban J connectivity index is 1.68. The molecule has 144 valence electrons. The van der Waals surface area contributed by atoms with Crippen LogP contribution in [0.4, 0.5) is 10.1 Å². The van der Waals surface area contributed by atoms with Crippen molar-refractivity contribution in [2.24, 2.45) is 0 Å². The van der Waals surface area contributed by atoms with Gasteiger partial charge >= 0.3 is 0 Å². The number of hydrogen-bond donors (Lipinski definition) is 1. The van der Waals surface area contributed by atoms with Crippen LogP contribution in [0.1, 0.15) is 17.3 Å². The third-order valence-electron chi connectivity index (χ3n) is 4.48. The summed E-state index contributed by atoms with van der Waals surface area (Å²) in [5, 5.41) is 0. The molecule has 0 bridgehead atoms. The van der Waals surface area contributed by atoms with Gasteiger partial charge in [0.25, 0.3) is 5.91 Å². The molecule has 1 N–H and O–H groups in total. The van der Waals surface area contributed by atoms with Gasteiger partial charge in [0, 0.05) is 44.0 Å². The first-order valence-corrected chi connectivity index (χ1v) is 10.3. The van der Waals surface area contributed by atoms with Crippen LogP contribution >= 0.6 is 0 Å². The van der Waals surface area contributed by atoms with Crippen LogP contribution < -0.4 is 9.62 Å². The minimum absolute atomic E-state index is 0.0835. The highest BCUT2D eigenvalue weighted by Crippen LogP contribution is 2.19. The van der Waals surface area contributed by atoms with E-state index in [1.165, 1.54) is 24.3 Å². The number of benzene rings is 2. The number of hydrogen-bond acceptors (Lipinski definition) is 4. The van der Waals surface area contributed by atoms with Crippen molar-refractivity contribution < 1.29 is 17.6 Å². The lowest BCUT2D eigenvalue weighted by atomic mass is 10.1. The normalized spacial score (nSPS) is 15.0. The Morgan fingerprint density at radius 2 is 1.74 bits per heavy atom. The average Bonchev–Trinajstić information content (AvgIpc) is 2.68. The van der Waals surface area contributed by atoms with Crippen molar-refractivity contribution in [2.75, 3.05) is 37.6 Å². The monoisotopic (exact) mass is 391 g/mol. The highest BCUT2D eigenvalue weighted by atomic mass is 32.2. The average molecular weight is 391 g/mol. The molecule has 0 aromatic heterocycles. The number of carbonyl (C=O) groups excluding carboxylic acids is 1. The zero-order chi connectivity index (χ0) is 19.4. The fourth-order valence-corrected chi connectivity index (χ4v) is 4.16. The highest BCUT2D eigenvalue weighted by molar-refractivity contribution is 7.89. The Morgan fingerprint density at radius 1 is 1.07 bits per heavy atom. The topological polar surface area (TPSA) is 69.7 Å². The van der Waals surface area contributed by atoms with Crippen molar-refractivity contribution in [1.29, 1.82) is 0 Å². The Morgan fingerprint density at radius 3 is 2.37 bits per heavy atom. The summed E-state index contributed by atoms with van der Waals surface area (Å²) in [4.78, 5) is 16.7. The van der Waals surface area contributed by atoms with E-state index in [4.69, 9.17) is 0 Å². The first kappa shape index (κ1) is 19.3. The number of nitrogens with zero attached hydrogens (tertiary/aromatic N) is 2. The quantitative estimate of drug-likeness (QED) is 0.847. The molecular weight excluding hydrogens is 369 g/mol. The number of piperazine rings is 1. The molecule has 0 atom stereocenters. The van der Waals surface area contributed by atoms with E-state index in [0.717, 1.165) is 5.69 Å². The molecule has 0 radical (unpaired) electrons. The fraction of sp³-hybridized carbons (Fsp3) is 0.316. The first-order chi connectivity index (χ1) is 12.9. The maximum absolute atomic E-state index is 13.1. The molecule has 3 rings (SSSR count). The Bertz CT molecular complexity index is 908. The van der Waals surface area contributed by atoms with Gasteiger partial charge in [0.05, 0.1) is 4.90 Å². The predicted molar refractivity (Wildman–Crippen MR) is 102 cm³/mol. The molecule has 0 spiro atoms. The lowest BCUT2D eigenvalue weighted by Crippen LogP contribution is -2.48. The summed E-state index contributed by atoms with van der Waals surface area (Å²) >= 11 is 0. The molecule has 27 heavy (non-hydrogen) atoms. The van der Waals surface area contributed by atoms with Gasteiger partial charge in [0.15, 0.2) is 0 Å². The van der Waals surface area contributed by atoms with Crippen LogP contribution in [0.3, 0.4) is 0 Å². The van der Waals surface area contributed by atoms with Gasteiger partial charge in [-0.3, -0.25) is 4.79 Å². The summed E-state index contributed by atoms with van der Waals surface area (Å²) in [5.74, 6) is -0.470. The molecular formula is C19H22FN3O3S. The summed E-state index contributed by atoms with van der Waals surface area (Å²) in [5.41, 5.74) is 1.27. The molecule has 1 aliphatic heterocycles. The van der Waals surface area contributed by atoms with Crippen LogP contribution in [0.2, 0.25) is 0 Å². The Labute approximate surface area is 158 Å². The summed E-state index contributed by atoms with van der Waals surface area (Å²) in [6.45, 7) is 4.28. The van der Waals surface area contributed by atoms with Gasteiger partial charge in [0.2, 0.25) is 10.0 Å². The number of rotatable bonds is 5. The van der Waals surface area contributed by atoms with Gasteiger partial charge < -0.3 is 9.80 Å². The van der Waals surface area contributed by atoms with Gasteiger partial charge in [-0.1, -0.05) is 13.0 Å². The van der Waals surface area contributed by atoms with Crippen LogP contribution in [0.25, 0.3) is 0 Å². The molecule has 0 aliphatic carbocycles. The van der Waals surface area contributed by atoms with Crippen molar-refractivity contribution >= 4 is 21.6 Å². The van der Waals surface area contributed by atoms with E-state index in [1.54, 1.807) is 36.1 Å². The maximum Gasteiger partial charge on any atom is 0.254 e. The maximum atomic E-state index is 13.1.